The number of hydrogen-bond donors (Lipinski definition) is 2. The number of rotatable bonds is 4. The van der Waals surface area contributed by atoms with Crippen molar-refractivity contribution in [2.45, 2.75) is 32.5 Å². The molecule has 0 aliphatic heterocycles. The molecule has 5 nitrogen and oxygen atoms in total. The van der Waals surface area contributed by atoms with Crippen LogP contribution in [-0.4, -0.2) is 24.1 Å². The molecule has 1 aromatic rings. The molecule has 0 aliphatic carbocycles. The second kappa shape index (κ2) is 7.58. The Balaban J connectivity index is 2.71. The Hall–Kier alpha value is -2.38. The van der Waals surface area contributed by atoms with E-state index in [0.717, 1.165) is 12.3 Å². The highest BCUT2D eigenvalue weighted by Gasteiger charge is 2.32. The van der Waals surface area contributed by atoms with Crippen molar-refractivity contribution in [2.75, 3.05) is 0 Å². The summed E-state index contributed by atoms with van der Waals surface area (Å²) in [5, 5.41) is 5.79. The minimum atomic E-state index is -4.53. The summed E-state index contributed by atoms with van der Waals surface area (Å²) in [6.45, 7) is 3.54. The van der Waals surface area contributed by atoms with Gasteiger partial charge >= 0.3 is 18.0 Å². The summed E-state index contributed by atoms with van der Waals surface area (Å²) < 4.78 is 38.2. The lowest BCUT2D eigenvalue weighted by Gasteiger charge is -2.10. The largest absolute Gasteiger partial charge is 0.417 e. The highest BCUT2D eigenvalue weighted by molar-refractivity contribution is 6.35. The molecule has 0 saturated carbocycles. The summed E-state index contributed by atoms with van der Waals surface area (Å²) in [6.07, 6.45) is -3.04. The predicted molar refractivity (Wildman–Crippen MR) is 75.1 cm³/mol. The minimum absolute atomic E-state index is 0.187. The summed E-state index contributed by atoms with van der Waals surface area (Å²) in [7, 11) is 0. The van der Waals surface area contributed by atoms with Crippen molar-refractivity contribution in [3.63, 3.8) is 0 Å². The van der Waals surface area contributed by atoms with Crippen molar-refractivity contribution < 1.29 is 22.8 Å². The molecule has 0 aromatic heterocycles. The molecular weight excluding hydrogens is 299 g/mol. The highest BCUT2D eigenvalue weighted by atomic mass is 19.4. The maximum absolute atomic E-state index is 12.7. The Labute approximate surface area is 125 Å². The highest BCUT2D eigenvalue weighted by Crippen LogP contribution is 2.30. The first-order chi connectivity index (χ1) is 10.3. The van der Waals surface area contributed by atoms with Crippen molar-refractivity contribution in [3.8, 4) is 0 Å². The average molecular weight is 315 g/mol. The number of carbonyl (C=O) groups excluding carboxylic acids is 2. The molecule has 120 valence electrons. The number of benzene rings is 1. The molecule has 1 rings (SSSR count). The fraction of sp³-hybridized carbons (Fsp3) is 0.357. The van der Waals surface area contributed by atoms with Crippen molar-refractivity contribution in [3.05, 3.63) is 35.4 Å². The molecule has 22 heavy (non-hydrogen) atoms. The van der Waals surface area contributed by atoms with Crippen molar-refractivity contribution >= 4 is 18.0 Å². The fourth-order valence-electron chi connectivity index (χ4n) is 1.47. The van der Waals surface area contributed by atoms with Gasteiger partial charge in [-0.05, 0) is 19.4 Å². The molecule has 1 atom stereocenters. The minimum Gasteiger partial charge on any atom is -0.345 e. The second-order valence-corrected chi connectivity index (χ2v) is 4.57. The van der Waals surface area contributed by atoms with Crippen LogP contribution in [0.5, 0.6) is 0 Å². The van der Waals surface area contributed by atoms with Crippen LogP contribution in [0.25, 0.3) is 0 Å². The summed E-state index contributed by atoms with van der Waals surface area (Å²) >= 11 is 0. The van der Waals surface area contributed by atoms with E-state index in [1.165, 1.54) is 18.2 Å². The van der Waals surface area contributed by atoms with Crippen LogP contribution in [0.4, 0.5) is 13.2 Å². The quantitative estimate of drug-likeness (QED) is 0.507. The van der Waals surface area contributed by atoms with Crippen molar-refractivity contribution in [1.82, 2.24) is 10.7 Å². The molecule has 0 fully saturated rings. The molecule has 0 saturated heterocycles. The summed E-state index contributed by atoms with van der Waals surface area (Å²) in [5.74, 6) is -1.93. The standard InChI is InChI=1S/C14H16F3N3O2/c1-3-9(2)19-12(21)13(22)20-18-8-10-6-4-5-7-11(10)14(15,16)17/h4-9H,3H2,1-2H3,(H,19,21)(H,20,22)/b18-8-/t9-/m0/s1. The molecule has 0 bridgehead atoms. The number of hydrogen-bond acceptors (Lipinski definition) is 3. The lowest BCUT2D eigenvalue weighted by atomic mass is 10.1. The molecule has 0 heterocycles. The van der Waals surface area contributed by atoms with Crippen LogP contribution in [0, 0.1) is 0 Å². The van der Waals surface area contributed by atoms with E-state index >= 15 is 0 Å². The van der Waals surface area contributed by atoms with Gasteiger partial charge in [0.25, 0.3) is 0 Å². The molecule has 0 unspecified atom stereocenters. The molecule has 1 aromatic carbocycles. The van der Waals surface area contributed by atoms with Crippen molar-refractivity contribution in [1.29, 1.82) is 0 Å². The molecule has 0 aliphatic rings. The van der Waals surface area contributed by atoms with E-state index in [9.17, 15) is 22.8 Å². The summed E-state index contributed by atoms with van der Waals surface area (Å²) in [5.41, 5.74) is 0.802. The lowest BCUT2D eigenvalue weighted by molar-refractivity contribution is -0.139. The first-order valence-electron chi connectivity index (χ1n) is 6.55. The molecule has 2 amide bonds. The van der Waals surface area contributed by atoms with Crippen LogP contribution in [0.15, 0.2) is 29.4 Å². The number of alkyl halides is 3. The zero-order valence-corrected chi connectivity index (χ0v) is 12.1. The predicted octanol–water partition coefficient (Wildman–Crippen LogP) is 2.07. The molecule has 0 spiro atoms. The Morgan fingerprint density at radius 1 is 1.27 bits per heavy atom. The van der Waals surface area contributed by atoms with Gasteiger partial charge in [-0.15, -0.1) is 0 Å². The SMILES string of the molecule is CC[C@H](C)NC(=O)C(=O)N/N=C\c1ccccc1C(F)(F)F. The Bertz CT molecular complexity index is 571. The van der Waals surface area contributed by atoms with E-state index in [2.05, 4.69) is 10.4 Å². The summed E-state index contributed by atoms with van der Waals surface area (Å²) in [4.78, 5) is 22.8. The van der Waals surface area contributed by atoms with E-state index in [4.69, 9.17) is 0 Å². The van der Waals surface area contributed by atoms with Gasteiger partial charge in [-0.2, -0.15) is 18.3 Å². The summed E-state index contributed by atoms with van der Waals surface area (Å²) in [6, 6.07) is 4.58. The van der Waals surface area contributed by atoms with Gasteiger partial charge in [-0.1, -0.05) is 25.1 Å². The van der Waals surface area contributed by atoms with Crippen molar-refractivity contribution in [2.24, 2.45) is 5.10 Å². The fourth-order valence-corrected chi connectivity index (χ4v) is 1.47. The van der Waals surface area contributed by atoms with E-state index in [0.29, 0.717) is 6.42 Å². The van der Waals surface area contributed by atoms with Crippen LogP contribution < -0.4 is 10.7 Å². The smallest absolute Gasteiger partial charge is 0.345 e. The number of amides is 2. The number of hydrazone groups is 1. The van der Waals surface area contributed by atoms with Gasteiger partial charge in [0.05, 0.1) is 11.8 Å². The zero-order valence-electron chi connectivity index (χ0n) is 12.1. The third-order valence-electron chi connectivity index (χ3n) is 2.83. The Morgan fingerprint density at radius 2 is 1.91 bits per heavy atom. The maximum atomic E-state index is 12.7. The normalized spacial score (nSPS) is 13.0. The maximum Gasteiger partial charge on any atom is 0.417 e. The van der Waals surface area contributed by atoms with Crippen LogP contribution >= 0.6 is 0 Å². The number of halogens is 3. The average Bonchev–Trinajstić information content (AvgIpc) is 2.46. The topological polar surface area (TPSA) is 70.6 Å². The number of carbonyl (C=O) groups is 2. The van der Waals surface area contributed by atoms with E-state index in [1.54, 1.807) is 6.92 Å². The lowest BCUT2D eigenvalue weighted by Crippen LogP contribution is -2.41. The van der Waals surface area contributed by atoms with E-state index < -0.39 is 23.6 Å². The van der Waals surface area contributed by atoms with Gasteiger partial charge in [0.15, 0.2) is 0 Å². The number of nitrogens with zero attached hydrogens (tertiary/aromatic N) is 1. The molecule has 2 N–H and O–H groups in total. The van der Waals surface area contributed by atoms with Gasteiger partial charge in [-0.3, -0.25) is 9.59 Å². The first-order valence-corrected chi connectivity index (χ1v) is 6.55. The molecular formula is C14H16F3N3O2. The third kappa shape index (κ3) is 5.19. The van der Waals surface area contributed by atoms with Crippen LogP contribution in [0.3, 0.4) is 0 Å². The molecule has 8 heteroatoms. The monoisotopic (exact) mass is 315 g/mol. The van der Waals surface area contributed by atoms with Crippen LogP contribution in [0.2, 0.25) is 0 Å². The molecule has 0 radical (unpaired) electrons. The number of nitrogens with one attached hydrogen (secondary N) is 2. The van der Waals surface area contributed by atoms with Gasteiger partial charge in [0, 0.05) is 11.6 Å². The zero-order chi connectivity index (χ0) is 16.8. The first kappa shape index (κ1) is 17.7. The van der Waals surface area contributed by atoms with Gasteiger partial charge < -0.3 is 5.32 Å². The van der Waals surface area contributed by atoms with E-state index in [-0.39, 0.29) is 11.6 Å². The van der Waals surface area contributed by atoms with Crippen LogP contribution in [-0.2, 0) is 15.8 Å². The van der Waals surface area contributed by atoms with Gasteiger partial charge in [0.1, 0.15) is 0 Å². The van der Waals surface area contributed by atoms with Gasteiger partial charge in [0.2, 0.25) is 0 Å². The van der Waals surface area contributed by atoms with Gasteiger partial charge in [-0.25, -0.2) is 5.43 Å². The Kier molecular flexibility index (Phi) is 6.09. The Morgan fingerprint density at radius 3 is 2.50 bits per heavy atom. The van der Waals surface area contributed by atoms with Crippen LogP contribution in [0.1, 0.15) is 31.4 Å². The second-order valence-electron chi connectivity index (χ2n) is 4.57. The van der Waals surface area contributed by atoms with E-state index in [1.807, 2.05) is 12.3 Å². The third-order valence-corrected chi connectivity index (χ3v) is 2.83.